The number of benzene rings is 1. The quantitative estimate of drug-likeness (QED) is 0.929. The van der Waals surface area contributed by atoms with Crippen molar-refractivity contribution in [2.75, 3.05) is 19.6 Å². The fraction of sp³-hybridized carbons (Fsp3) is 0.588. The molecule has 114 valence electrons. The molecule has 3 rings (SSSR count). The monoisotopic (exact) mass is 306 g/mol. The molecule has 4 heteroatoms. The van der Waals surface area contributed by atoms with Gasteiger partial charge in [-0.3, -0.25) is 4.79 Å². The Kier molecular flexibility index (Phi) is 4.81. The molecule has 2 atom stereocenters. The largest absolute Gasteiger partial charge is 0.352 e. The Morgan fingerprint density at radius 2 is 2.00 bits per heavy atom. The molecule has 0 saturated carbocycles. The molecule has 0 aliphatic carbocycles. The lowest BCUT2D eigenvalue weighted by molar-refractivity contribution is 0.0575. The zero-order valence-electron chi connectivity index (χ0n) is 12.4. The van der Waals surface area contributed by atoms with E-state index in [-0.39, 0.29) is 5.91 Å². The van der Waals surface area contributed by atoms with Gasteiger partial charge < -0.3 is 10.2 Å². The second-order valence-corrected chi connectivity index (χ2v) is 6.60. The van der Waals surface area contributed by atoms with E-state index in [4.69, 9.17) is 11.6 Å². The third kappa shape index (κ3) is 3.41. The van der Waals surface area contributed by atoms with E-state index >= 15 is 0 Å². The number of rotatable bonds is 3. The van der Waals surface area contributed by atoms with Crippen molar-refractivity contribution in [1.82, 2.24) is 10.2 Å². The molecule has 0 spiro atoms. The lowest BCUT2D eigenvalue weighted by Gasteiger charge is -2.44. The van der Waals surface area contributed by atoms with E-state index in [0.29, 0.717) is 22.5 Å². The number of carbonyl (C=O) groups is 1. The van der Waals surface area contributed by atoms with Gasteiger partial charge in [0.1, 0.15) is 0 Å². The first-order valence-electron chi connectivity index (χ1n) is 8.02. The van der Waals surface area contributed by atoms with Crippen LogP contribution in [-0.2, 0) is 0 Å². The highest BCUT2D eigenvalue weighted by Gasteiger charge is 2.32. The number of fused-ring (bicyclic) bond motifs is 1. The maximum atomic E-state index is 12.3. The molecular formula is C17H23ClN2O. The molecule has 1 aromatic carbocycles. The lowest BCUT2D eigenvalue weighted by atomic mass is 9.83. The zero-order chi connectivity index (χ0) is 14.7. The van der Waals surface area contributed by atoms with Gasteiger partial charge in [-0.25, -0.2) is 0 Å². The molecule has 2 aliphatic heterocycles. The van der Waals surface area contributed by atoms with Gasteiger partial charge in [-0.1, -0.05) is 30.2 Å². The normalized spacial score (nSPS) is 26.1. The Labute approximate surface area is 131 Å². The Morgan fingerprint density at radius 3 is 2.86 bits per heavy atom. The van der Waals surface area contributed by atoms with Crippen LogP contribution in [0.2, 0.25) is 5.02 Å². The summed E-state index contributed by atoms with van der Waals surface area (Å²) in [5, 5.41) is 3.62. The number of carbonyl (C=O) groups excluding carboxylic acids is 1. The first-order chi connectivity index (χ1) is 10.3. The minimum Gasteiger partial charge on any atom is -0.352 e. The Hall–Kier alpha value is -1.06. The van der Waals surface area contributed by atoms with Crippen LogP contribution < -0.4 is 5.32 Å². The average molecular weight is 307 g/mol. The van der Waals surface area contributed by atoms with Crippen LogP contribution in [0, 0.1) is 5.92 Å². The molecule has 0 unspecified atom stereocenters. The number of nitrogens with one attached hydrogen (secondary N) is 1. The van der Waals surface area contributed by atoms with Gasteiger partial charge in [0.15, 0.2) is 0 Å². The van der Waals surface area contributed by atoms with Crippen LogP contribution in [0.3, 0.4) is 0 Å². The summed E-state index contributed by atoms with van der Waals surface area (Å²) in [4.78, 5) is 14.9. The smallest absolute Gasteiger partial charge is 0.252 e. The molecule has 2 fully saturated rings. The summed E-state index contributed by atoms with van der Waals surface area (Å²) in [7, 11) is 0. The van der Waals surface area contributed by atoms with E-state index < -0.39 is 0 Å². The van der Waals surface area contributed by atoms with Gasteiger partial charge in [0.25, 0.3) is 5.91 Å². The van der Waals surface area contributed by atoms with Crippen LogP contribution in [0.15, 0.2) is 24.3 Å². The van der Waals surface area contributed by atoms with Gasteiger partial charge in [-0.15, -0.1) is 0 Å². The summed E-state index contributed by atoms with van der Waals surface area (Å²) in [6.07, 6.45) is 6.42. The Balaban J connectivity index is 1.59. The predicted molar refractivity (Wildman–Crippen MR) is 85.7 cm³/mol. The molecule has 21 heavy (non-hydrogen) atoms. The van der Waals surface area contributed by atoms with Crippen molar-refractivity contribution < 1.29 is 4.79 Å². The first kappa shape index (κ1) is 14.9. The Bertz CT molecular complexity index is 503. The summed E-state index contributed by atoms with van der Waals surface area (Å²) in [5.41, 5.74) is 0.579. The molecule has 2 heterocycles. The highest BCUT2D eigenvalue weighted by atomic mass is 35.5. The van der Waals surface area contributed by atoms with Crippen molar-refractivity contribution in [3.8, 4) is 0 Å². The minimum absolute atomic E-state index is 0.0477. The van der Waals surface area contributed by atoms with E-state index in [1.54, 1.807) is 12.1 Å². The summed E-state index contributed by atoms with van der Waals surface area (Å²) in [5.74, 6) is 0.541. The van der Waals surface area contributed by atoms with Crippen LogP contribution in [0.5, 0.6) is 0 Å². The SMILES string of the molecule is O=C(NC[C@H]1CCCN2CCCC[C@H]12)c1ccccc1Cl. The fourth-order valence-electron chi connectivity index (χ4n) is 3.78. The second kappa shape index (κ2) is 6.80. The molecule has 3 nitrogen and oxygen atoms in total. The van der Waals surface area contributed by atoms with Crippen LogP contribution in [0.1, 0.15) is 42.5 Å². The van der Waals surface area contributed by atoms with E-state index in [0.717, 1.165) is 6.54 Å². The maximum absolute atomic E-state index is 12.3. The molecule has 2 saturated heterocycles. The van der Waals surface area contributed by atoms with Gasteiger partial charge in [-0.05, 0) is 56.8 Å². The maximum Gasteiger partial charge on any atom is 0.252 e. The molecule has 1 aromatic rings. The number of hydrogen-bond acceptors (Lipinski definition) is 2. The molecule has 0 aromatic heterocycles. The van der Waals surface area contributed by atoms with Crippen LogP contribution in [0.4, 0.5) is 0 Å². The van der Waals surface area contributed by atoms with Gasteiger partial charge in [0.05, 0.1) is 10.6 Å². The van der Waals surface area contributed by atoms with Gasteiger partial charge in [0.2, 0.25) is 0 Å². The van der Waals surface area contributed by atoms with Crippen molar-refractivity contribution in [1.29, 1.82) is 0 Å². The first-order valence-corrected chi connectivity index (χ1v) is 8.40. The van der Waals surface area contributed by atoms with Crippen molar-refractivity contribution in [2.45, 2.75) is 38.1 Å². The van der Waals surface area contributed by atoms with Crippen LogP contribution in [0.25, 0.3) is 0 Å². The summed E-state index contributed by atoms with van der Waals surface area (Å²) in [6, 6.07) is 7.91. The zero-order valence-corrected chi connectivity index (χ0v) is 13.1. The second-order valence-electron chi connectivity index (χ2n) is 6.19. The number of halogens is 1. The van der Waals surface area contributed by atoms with Crippen LogP contribution >= 0.6 is 11.6 Å². The fourth-order valence-corrected chi connectivity index (χ4v) is 4.00. The summed E-state index contributed by atoms with van der Waals surface area (Å²) in [6.45, 7) is 3.24. The highest BCUT2D eigenvalue weighted by molar-refractivity contribution is 6.33. The molecule has 0 radical (unpaired) electrons. The van der Waals surface area contributed by atoms with Gasteiger partial charge in [0, 0.05) is 12.6 Å². The molecule has 0 bridgehead atoms. The van der Waals surface area contributed by atoms with E-state index in [1.165, 1.54) is 45.2 Å². The lowest BCUT2D eigenvalue weighted by Crippen LogP contribution is -2.51. The van der Waals surface area contributed by atoms with Crippen molar-refractivity contribution >= 4 is 17.5 Å². The molecule has 1 N–H and O–H groups in total. The van der Waals surface area contributed by atoms with Crippen molar-refractivity contribution in [3.63, 3.8) is 0 Å². The standard InChI is InChI=1S/C17H23ClN2O/c18-15-8-2-1-7-14(15)17(21)19-12-13-6-5-11-20-10-4-3-9-16(13)20/h1-2,7-8,13,16H,3-6,9-12H2,(H,19,21)/t13-,16-/m1/s1. The van der Waals surface area contributed by atoms with E-state index in [1.807, 2.05) is 12.1 Å². The third-order valence-corrected chi connectivity index (χ3v) is 5.20. The molecule has 2 aliphatic rings. The Morgan fingerprint density at radius 1 is 1.19 bits per heavy atom. The number of nitrogens with zero attached hydrogens (tertiary/aromatic N) is 1. The van der Waals surface area contributed by atoms with Gasteiger partial charge >= 0.3 is 0 Å². The topological polar surface area (TPSA) is 32.3 Å². The predicted octanol–water partition coefficient (Wildman–Crippen LogP) is 3.33. The third-order valence-electron chi connectivity index (χ3n) is 4.87. The van der Waals surface area contributed by atoms with E-state index in [2.05, 4.69) is 10.2 Å². The summed E-state index contributed by atoms with van der Waals surface area (Å²) < 4.78 is 0. The van der Waals surface area contributed by atoms with Crippen LogP contribution in [-0.4, -0.2) is 36.5 Å². The minimum atomic E-state index is -0.0477. The molecular weight excluding hydrogens is 284 g/mol. The van der Waals surface area contributed by atoms with Crippen molar-refractivity contribution in [2.24, 2.45) is 5.92 Å². The van der Waals surface area contributed by atoms with Gasteiger partial charge in [-0.2, -0.15) is 0 Å². The highest BCUT2D eigenvalue weighted by Crippen LogP contribution is 2.30. The average Bonchev–Trinajstić information content (AvgIpc) is 2.53. The van der Waals surface area contributed by atoms with Crippen molar-refractivity contribution in [3.05, 3.63) is 34.9 Å². The van der Waals surface area contributed by atoms with E-state index in [9.17, 15) is 4.79 Å². The molecule has 1 amide bonds. The number of hydrogen-bond donors (Lipinski definition) is 1. The summed E-state index contributed by atoms with van der Waals surface area (Å²) >= 11 is 6.08. The number of piperidine rings is 2. The number of amides is 1.